The summed E-state index contributed by atoms with van der Waals surface area (Å²) < 4.78 is 22.9. The number of esters is 1. The van der Waals surface area contributed by atoms with Gasteiger partial charge in [-0.05, 0) is 77.0 Å². The summed E-state index contributed by atoms with van der Waals surface area (Å²) in [6, 6.07) is 0. The van der Waals surface area contributed by atoms with Crippen LogP contribution in [0.5, 0.6) is 0 Å². The number of carbonyl (C=O) groups excluding carboxylic acids is 1. The lowest BCUT2D eigenvalue weighted by molar-refractivity contribution is -0.305. The highest BCUT2D eigenvalue weighted by Crippen LogP contribution is 2.23. The molecule has 0 saturated carbocycles. The third kappa shape index (κ3) is 36.1. The first-order valence-corrected chi connectivity index (χ1v) is 26.4. The normalized spacial score (nSPS) is 20.0. The van der Waals surface area contributed by atoms with Crippen molar-refractivity contribution in [3.63, 3.8) is 0 Å². The molecule has 64 heavy (non-hydrogen) atoms. The predicted octanol–water partition coefficient (Wildman–Crippen LogP) is 13.0. The van der Waals surface area contributed by atoms with Crippen LogP contribution in [0.3, 0.4) is 0 Å². The second-order valence-corrected chi connectivity index (χ2v) is 17.9. The van der Waals surface area contributed by atoms with Crippen molar-refractivity contribution in [2.75, 3.05) is 26.4 Å². The largest absolute Gasteiger partial charge is 0.457 e. The minimum atomic E-state index is -1.54. The van der Waals surface area contributed by atoms with E-state index >= 15 is 0 Å². The van der Waals surface area contributed by atoms with E-state index in [4.69, 9.17) is 18.9 Å². The average Bonchev–Trinajstić information content (AvgIpc) is 3.30. The van der Waals surface area contributed by atoms with Gasteiger partial charge in [0.05, 0.1) is 19.8 Å². The third-order valence-corrected chi connectivity index (χ3v) is 11.9. The third-order valence-electron chi connectivity index (χ3n) is 11.9. The number of hydrogen-bond acceptors (Lipinski definition) is 9. The van der Waals surface area contributed by atoms with E-state index in [2.05, 4.69) is 74.6 Å². The Hall–Kier alpha value is -2.11. The molecule has 9 heteroatoms. The molecule has 6 unspecified atom stereocenters. The lowest BCUT2D eigenvalue weighted by Crippen LogP contribution is -2.59. The summed E-state index contributed by atoms with van der Waals surface area (Å²) in [5.74, 6) is -0.324. The number of unbranched alkanes of at least 4 members (excludes halogenated alkanes) is 24. The van der Waals surface area contributed by atoms with Crippen LogP contribution in [0.15, 0.2) is 60.8 Å². The Morgan fingerprint density at radius 2 is 0.953 bits per heavy atom. The van der Waals surface area contributed by atoms with Gasteiger partial charge < -0.3 is 39.4 Å². The van der Waals surface area contributed by atoms with Crippen molar-refractivity contribution < 1.29 is 44.2 Å². The molecule has 0 radical (unpaired) electrons. The van der Waals surface area contributed by atoms with Gasteiger partial charge in [0.15, 0.2) is 6.29 Å². The zero-order chi connectivity index (χ0) is 46.4. The van der Waals surface area contributed by atoms with Gasteiger partial charge in [0, 0.05) is 13.0 Å². The van der Waals surface area contributed by atoms with Gasteiger partial charge in [-0.25, -0.2) is 0 Å². The molecule has 372 valence electrons. The first-order valence-electron chi connectivity index (χ1n) is 26.4. The van der Waals surface area contributed by atoms with Crippen LogP contribution in [0, 0.1) is 0 Å². The fourth-order valence-corrected chi connectivity index (χ4v) is 7.83. The standard InChI is InChI=1S/C55H98O9/c1-3-5-7-9-11-13-15-17-19-21-22-23-24-25-26-27-29-31-33-35-37-39-41-43-45-61-47-49(48-62-55-54(60)53(59)52(58)50(46-56)64-55)63-51(57)44-42-40-38-36-34-32-30-28-20-18-16-14-12-10-8-6-4-2/h6,8,12,14-15,17-18,20-22,49-50,52-56,58-60H,3-5,7,9-11,13,16,19,23-48H2,1-2H3/b8-6-,14-12-,17-15-,20-18-,22-21-. The van der Waals surface area contributed by atoms with E-state index in [1.807, 2.05) is 0 Å². The zero-order valence-corrected chi connectivity index (χ0v) is 41.0. The van der Waals surface area contributed by atoms with Crippen molar-refractivity contribution in [2.24, 2.45) is 0 Å². The molecule has 1 rings (SSSR count). The number of allylic oxidation sites excluding steroid dienone is 10. The molecule has 9 nitrogen and oxygen atoms in total. The topological polar surface area (TPSA) is 135 Å². The molecule has 1 heterocycles. The Morgan fingerprint density at radius 1 is 0.516 bits per heavy atom. The summed E-state index contributed by atoms with van der Waals surface area (Å²) in [4.78, 5) is 12.8. The molecule has 0 bridgehead atoms. The molecular formula is C55H98O9. The summed E-state index contributed by atoms with van der Waals surface area (Å²) in [5, 5.41) is 40.3. The van der Waals surface area contributed by atoms with E-state index in [1.165, 1.54) is 128 Å². The van der Waals surface area contributed by atoms with Crippen LogP contribution < -0.4 is 0 Å². The van der Waals surface area contributed by atoms with E-state index in [0.717, 1.165) is 70.6 Å². The average molecular weight is 903 g/mol. The lowest BCUT2D eigenvalue weighted by atomic mass is 9.99. The molecule has 0 aliphatic carbocycles. The number of carbonyl (C=O) groups is 1. The van der Waals surface area contributed by atoms with E-state index in [0.29, 0.717) is 13.0 Å². The highest BCUT2D eigenvalue weighted by atomic mass is 16.7. The predicted molar refractivity (Wildman–Crippen MR) is 265 cm³/mol. The second-order valence-electron chi connectivity index (χ2n) is 17.9. The SMILES string of the molecule is CC/C=C\C/C=C\C/C=C\CCCCCCCCCC(=O)OC(COCCCCCCCCCCCCCC/C=C\C/C=C\CCCCCCC)COC1OC(CO)C(O)C(O)C1O. The molecular weight excluding hydrogens is 805 g/mol. The fourth-order valence-electron chi connectivity index (χ4n) is 7.83. The van der Waals surface area contributed by atoms with Crippen molar-refractivity contribution in [2.45, 2.75) is 256 Å². The number of aliphatic hydroxyl groups excluding tert-OH is 4. The first-order chi connectivity index (χ1) is 31.4. The monoisotopic (exact) mass is 903 g/mol. The van der Waals surface area contributed by atoms with Gasteiger partial charge >= 0.3 is 5.97 Å². The zero-order valence-electron chi connectivity index (χ0n) is 41.0. The number of ether oxygens (including phenoxy) is 4. The fraction of sp³-hybridized carbons (Fsp3) is 0.800. The van der Waals surface area contributed by atoms with Crippen LogP contribution in [0.4, 0.5) is 0 Å². The van der Waals surface area contributed by atoms with Gasteiger partial charge in [-0.2, -0.15) is 0 Å². The van der Waals surface area contributed by atoms with E-state index in [9.17, 15) is 25.2 Å². The van der Waals surface area contributed by atoms with Crippen LogP contribution in [0.1, 0.15) is 219 Å². The van der Waals surface area contributed by atoms with Gasteiger partial charge in [-0.15, -0.1) is 0 Å². The van der Waals surface area contributed by atoms with Crippen molar-refractivity contribution in [3.8, 4) is 0 Å². The molecule has 0 amide bonds. The molecule has 1 aliphatic heterocycles. The molecule has 0 aromatic heterocycles. The maximum absolute atomic E-state index is 12.8. The van der Waals surface area contributed by atoms with Gasteiger partial charge in [-0.3, -0.25) is 4.79 Å². The minimum absolute atomic E-state index is 0.119. The Labute approximate surface area is 392 Å². The maximum Gasteiger partial charge on any atom is 0.306 e. The van der Waals surface area contributed by atoms with Crippen LogP contribution in [-0.2, 0) is 23.7 Å². The van der Waals surface area contributed by atoms with Crippen molar-refractivity contribution in [1.29, 1.82) is 0 Å². The van der Waals surface area contributed by atoms with E-state index in [1.54, 1.807) is 0 Å². The minimum Gasteiger partial charge on any atom is -0.457 e. The summed E-state index contributed by atoms with van der Waals surface area (Å²) in [5.41, 5.74) is 0. The van der Waals surface area contributed by atoms with Gasteiger partial charge in [0.2, 0.25) is 0 Å². The number of aliphatic hydroxyl groups is 4. The van der Waals surface area contributed by atoms with Crippen LogP contribution in [-0.4, -0.2) is 89.6 Å². The molecule has 1 fully saturated rings. The second kappa shape index (κ2) is 46.0. The molecule has 6 atom stereocenters. The molecule has 0 aromatic rings. The highest BCUT2D eigenvalue weighted by molar-refractivity contribution is 5.69. The maximum atomic E-state index is 12.8. The van der Waals surface area contributed by atoms with Crippen molar-refractivity contribution >= 4 is 5.97 Å². The molecule has 4 N–H and O–H groups in total. The number of hydrogen-bond donors (Lipinski definition) is 4. The van der Waals surface area contributed by atoms with E-state index in [-0.39, 0.29) is 19.2 Å². The molecule has 0 aromatic carbocycles. The summed E-state index contributed by atoms with van der Waals surface area (Å²) in [6.07, 6.45) is 52.6. The smallest absolute Gasteiger partial charge is 0.306 e. The van der Waals surface area contributed by atoms with Crippen LogP contribution in [0.25, 0.3) is 0 Å². The van der Waals surface area contributed by atoms with Crippen LogP contribution in [0.2, 0.25) is 0 Å². The molecule has 0 spiro atoms. The quantitative estimate of drug-likeness (QED) is 0.0268. The Bertz CT molecular complexity index is 1160. The van der Waals surface area contributed by atoms with Crippen molar-refractivity contribution in [1.82, 2.24) is 0 Å². The molecule has 1 aliphatic rings. The Balaban J connectivity index is 2.18. The van der Waals surface area contributed by atoms with Gasteiger partial charge in [0.1, 0.15) is 30.5 Å². The number of rotatable bonds is 45. The lowest BCUT2D eigenvalue weighted by Gasteiger charge is -2.39. The molecule has 1 saturated heterocycles. The van der Waals surface area contributed by atoms with Crippen molar-refractivity contribution in [3.05, 3.63) is 60.8 Å². The first kappa shape index (κ1) is 59.9. The Morgan fingerprint density at radius 3 is 1.44 bits per heavy atom. The summed E-state index contributed by atoms with van der Waals surface area (Å²) in [6.45, 7) is 4.44. The van der Waals surface area contributed by atoms with Crippen LogP contribution >= 0.6 is 0 Å². The van der Waals surface area contributed by atoms with E-state index < -0.39 is 43.4 Å². The highest BCUT2D eigenvalue weighted by Gasteiger charge is 2.44. The Kier molecular flexibility index (Phi) is 43.1. The van der Waals surface area contributed by atoms with Gasteiger partial charge in [0.25, 0.3) is 0 Å². The summed E-state index contributed by atoms with van der Waals surface area (Å²) >= 11 is 0. The van der Waals surface area contributed by atoms with Gasteiger partial charge in [-0.1, -0.05) is 197 Å². The summed E-state index contributed by atoms with van der Waals surface area (Å²) in [7, 11) is 0.